The van der Waals surface area contributed by atoms with Crippen LogP contribution in [0.15, 0.2) is 0 Å². The Morgan fingerprint density at radius 3 is 1.96 bits per heavy atom. The van der Waals surface area contributed by atoms with Crippen LogP contribution in [0.3, 0.4) is 0 Å². The SMILES string of the molecule is CC(N)C(=O)NC(C(=O)NC(CCCCN)C(=O)NC(C)C(=O)O)C(C)O. The number of nitrogens with two attached hydrogens (primary N) is 2. The molecule has 0 heterocycles. The fraction of sp³-hybridized carbons (Fsp3) is 0.750. The lowest BCUT2D eigenvalue weighted by Crippen LogP contribution is -2.59. The van der Waals surface area contributed by atoms with E-state index in [1.165, 1.54) is 20.8 Å². The van der Waals surface area contributed by atoms with Crippen LogP contribution in [0, 0.1) is 0 Å². The number of unbranched alkanes of at least 4 members (excludes halogenated alkanes) is 1. The molecule has 27 heavy (non-hydrogen) atoms. The molecule has 156 valence electrons. The minimum absolute atomic E-state index is 0.217. The Bertz CT molecular complexity index is 525. The molecule has 0 aromatic heterocycles. The summed E-state index contributed by atoms with van der Waals surface area (Å²) >= 11 is 0. The Balaban J connectivity index is 5.18. The zero-order chi connectivity index (χ0) is 21.1. The number of carboxylic acids is 1. The normalized spacial score (nSPS) is 16.4. The van der Waals surface area contributed by atoms with Crippen molar-refractivity contribution in [3.63, 3.8) is 0 Å². The lowest BCUT2D eigenvalue weighted by atomic mass is 10.1. The van der Waals surface area contributed by atoms with Gasteiger partial charge in [0, 0.05) is 0 Å². The van der Waals surface area contributed by atoms with Crippen LogP contribution in [0.5, 0.6) is 0 Å². The largest absolute Gasteiger partial charge is 0.480 e. The number of carbonyl (C=O) groups excluding carboxylic acids is 3. The van der Waals surface area contributed by atoms with Gasteiger partial charge in [-0.25, -0.2) is 0 Å². The molecule has 9 N–H and O–H groups in total. The van der Waals surface area contributed by atoms with E-state index in [0.717, 1.165) is 0 Å². The molecule has 0 radical (unpaired) electrons. The molecule has 0 saturated carbocycles. The number of carbonyl (C=O) groups is 4. The second kappa shape index (κ2) is 12.2. The van der Waals surface area contributed by atoms with Crippen LogP contribution in [-0.4, -0.2) is 70.7 Å². The Morgan fingerprint density at radius 1 is 0.926 bits per heavy atom. The van der Waals surface area contributed by atoms with Crippen LogP contribution in [0.1, 0.15) is 40.0 Å². The molecule has 0 aliphatic rings. The molecule has 0 bridgehead atoms. The van der Waals surface area contributed by atoms with Crippen LogP contribution >= 0.6 is 0 Å². The van der Waals surface area contributed by atoms with Crippen molar-refractivity contribution >= 4 is 23.7 Å². The predicted octanol–water partition coefficient (Wildman–Crippen LogP) is -2.60. The molecule has 0 aromatic rings. The molecule has 0 aromatic carbocycles. The van der Waals surface area contributed by atoms with E-state index in [0.29, 0.717) is 19.4 Å². The minimum atomic E-state index is -1.31. The van der Waals surface area contributed by atoms with Crippen molar-refractivity contribution in [1.29, 1.82) is 0 Å². The molecule has 5 unspecified atom stereocenters. The number of aliphatic carboxylic acids is 1. The zero-order valence-corrected chi connectivity index (χ0v) is 15.9. The maximum atomic E-state index is 12.5. The Hall–Kier alpha value is -2.24. The fourth-order valence-electron chi connectivity index (χ4n) is 2.09. The molecule has 0 fully saturated rings. The smallest absolute Gasteiger partial charge is 0.325 e. The molecular formula is C16H31N5O6. The third-order valence-corrected chi connectivity index (χ3v) is 3.79. The van der Waals surface area contributed by atoms with Crippen molar-refractivity contribution in [2.75, 3.05) is 6.54 Å². The first-order valence-electron chi connectivity index (χ1n) is 8.78. The molecule has 11 heteroatoms. The van der Waals surface area contributed by atoms with Crippen molar-refractivity contribution in [3.8, 4) is 0 Å². The number of carboxylic acid groups (broad SMARTS) is 1. The first kappa shape index (κ1) is 24.8. The van der Waals surface area contributed by atoms with Crippen molar-refractivity contribution in [3.05, 3.63) is 0 Å². The summed E-state index contributed by atoms with van der Waals surface area (Å²) in [4.78, 5) is 47.4. The van der Waals surface area contributed by atoms with Gasteiger partial charge in [0.25, 0.3) is 0 Å². The molecule has 0 aliphatic carbocycles. The van der Waals surface area contributed by atoms with Gasteiger partial charge in [-0.1, -0.05) is 0 Å². The van der Waals surface area contributed by atoms with Crippen LogP contribution in [-0.2, 0) is 19.2 Å². The summed E-state index contributed by atoms with van der Waals surface area (Å²) < 4.78 is 0. The molecule has 3 amide bonds. The highest BCUT2D eigenvalue weighted by atomic mass is 16.4. The van der Waals surface area contributed by atoms with E-state index in [-0.39, 0.29) is 6.42 Å². The number of hydrogen-bond acceptors (Lipinski definition) is 7. The summed E-state index contributed by atoms with van der Waals surface area (Å²) in [7, 11) is 0. The average molecular weight is 389 g/mol. The van der Waals surface area contributed by atoms with Crippen LogP contribution in [0.4, 0.5) is 0 Å². The van der Waals surface area contributed by atoms with Gasteiger partial charge >= 0.3 is 5.97 Å². The number of amides is 3. The summed E-state index contributed by atoms with van der Waals surface area (Å²) in [5, 5.41) is 25.7. The van der Waals surface area contributed by atoms with E-state index in [9.17, 15) is 24.3 Å². The van der Waals surface area contributed by atoms with Gasteiger partial charge in [-0.05, 0) is 46.6 Å². The number of aliphatic hydroxyl groups excluding tert-OH is 1. The van der Waals surface area contributed by atoms with Gasteiger partial charge in [0.05, 0.1) is 12.1 Å². The maximum absolute atomic E-state index is 12.5. The molecule has 0 aliphatic heterocycles. The van der Waals surface area contributed by atoms with E-state index >= 15 is 0 Å². The quantitative estimate of drug-likeness (QED) is 0.176. The van der Waals surface area contributed by atoms with E-state index < -0.39 is 54.0 Å². The summed E-state index contributed by atoms with van der Waals surface area (Å²) in [6.07, 6.45) is 0.102. The van der Waals surface area contributed by atoms with Crippen molar-refractivity contribution < 1.29 is 29.4 Å². The maximum Gasteiger partial charge on any atom is 0.325 e. The summed E-state index contributed by atoms with van der Waals surface area (Å²) in [6.45, 7) is 4.42. The molecule has 5 atom stereocenters. The van der Waals surface area contributed by atoms with Gasteiger partial charge in [-0.3, -0.25) is 19.2 Å². The van der Waals surface area contributed by atoms with Crippen molar-refractivity contribution in [1.82, 2.24) is 16.0 Å². The van der Waals surface area contributed by atoms with E-state index in [2.05, 4.69) is 16.0 Å². The third kappa shape index (κ3) is 9.31. The predicted molar refractivity (Wildman–Crippen MR) is 97.3 cm³/mol. The standard InChI is InChI=1S/C16H31N5O6/c1-8(18)13(23)21-12(10(3)22)15(25)20-11(6-4-5-7-17)14(24)19-9(2)16(26)27/h8-12,22H,4-7,17-18H2,1-3H3,(H,19,24)(H,20,25)(H,21,23)(H,26,27). The van der Waals surface area contributed by atoms with E-state index in [4.69, 9.17) is 16.6 Å². The number of rotatable bonds is 12. The van der Waals surface area contributed by atoms with Gasteiger partial charge in [-0.2, -0.15) is 0 Å². The summed E-state index contributed by atoms with van der Waals surface area (Å²) in [6, 6.07) is -4.39. The molecular weight excluding hydrogens is 358 g/mol. The monoisotopic (exact) mass is 389 g/mol. The van der Waals surface area contributed by atoms with Gasteiger partial charge in [0.15, 0.2) is 0 Å². The Kier molecular flexibility index (Phi) is 11.2. The first-order valence-corrected chi connectivity index (χ1v) is 8.78. The summed E-state index contributed by atoms with van der Waals surface area (Å²) in [5.41, 5.74) is 10.9. The summed E-state index contributed by atoms with van der Waals surface area (Å²) in [5.74, 6) is -3.32. The number of hydrogen-bond donors (Lipinski definition) is 7. The van der Waals surface area contributed by atoms with E-state index in [1.54, 1.807) is 0 Å². The third-order valence-electron chi connectivity index (χ3n) is 3.79. The molecule has 11 nitrogen and oxygen atoms in total. The lowest BCUT2D eigenvalue weighted by molar-refractivity contribution is -0.142. The Morgan fingerprint density at radius 2 is 1.52 bits per heavy atom. The van der Waals surface area contributed by atoms with Gasteiger partial charge in [-0.15, -0.1) is 0 Å². The van der Waals surface area contributed by atoms with Gasteiger partial charge < -0.3 is 37.6 Å². The lowest BCUT2D eigenvalue weighted by Gasteiger charge is -2.25. The van der Waals surface area contributed by atoms with Gasteiger partial charge in [0.1, 0.15) is 18.1 Å². The highest BCUT2D eigenvalue weighted by Crippen LogP contribution is 2.04. The van der Waals surface area contributed by atoms with Crippen molar-refractivity contribution in [2.45, 2.75) is 70.3 Å². The average Bonchev–Trinajstić information content (AvgIpc) is 2.57. The topological polar surface area (TPSA) is 197 Å². The molecule has 0 rings (SSSR count). The van der Waals surface area contributed by atoms with Crippen LogP contribution < -0.4 is 27.4 Å². The van der Waals surface area contributed by atoms with Gasteiger partial charge in [0.2, 0.25) is 17.7 Å². The Labute approximate surface area is 158 Å². The zero-order valence-electron chi connectivity index (χ0n) is 15.9. The fourth-order valence-corrected chi connectivity index (χ4v) is 2.09. The highest BCUT2D eigenvalue weighted by molar-refractivity contribution is 5.94. The number of nitrogens with one attached hydrogen (secondary N) is 3. The van der Waals surface area contributed by atoms with Crippen LogP contribution in [0.25, 0.3) is 0 Å². The van der Waals surface area contributed by atoms with Crippen LogP contribution in [0.2, 0.25) is 0 Å². The second-order valence-electron chi connectivity index (χ2n) is 6.43. The highest BCUT2D eigenvalue weighted by Gasteiger charge is 2.31. The number of aliphatic hydroxyl groups is 1. The molecule has 0 spiro atoms. The van der Waals surface area contributed by atoms with E-state index in [1.807, 2.05) is 0 Å². The second-order valence-corrected chi connectivity index (χ2v) is 6.43. The minimum Gasteiger partial charge on any atom is -0.480 e. The molecule has 0 saturated heterocycles. The van der Waals surface area contributed by atoms with Crippen molar-refractivity contribution in [2.24, 2.45) is 11.5 Å². The first-order chi connectivity index (χ1) is 12.5.